The van der Waals surface area contributed by atoms with Gasteiger partial charge in [0, 0.05) is 5.69 Å². The van der Waals surface area contributed by atoms with Gasteiger partial charge in [-0.05, 0) is 50.6 Å². The first kappa shape index (κ1) is 13.6. The van der Waals surface area contributed by atoms with Crippen LogP contribution in [0.15, 0.2) is 36.4 Å². The molecule has 1 heterocycles. The maximum atomic E-state index is 10.1. The summed E-state index contributed by atoms with van der Waals surface area (Å²) in [5.41, 5.74) is 11.6. The molecule has 21 heavy (non-hydrogen) atoms. The average Bonchev–Trinajstić information content (AvgIpc) is 2.77. The third-order valence-electron chi connectivity index (χ3n) is 3.67. The van der Waals surface area contributed by atoms with Crippen LogP contribution >= 0.6 is 0 Å². The SMILES string of the molecule is Cc1ccc(-n2c(C(C)O)nc3cc(N)ccc32)c(C)c1. The molecule has 0 spiro atoms. The van der Waals surface area contributed by atoms with Crippen molar-refractivity contribution in [3.63, 3.8) is 0 Å². The molecule has 0 aliphatic heterocycles. The standard InChI is InChI=1S/C17H19N3O/c1-10-4-6-15(11(2)8-10)20-16-7-5-13(18)9-14(16)19-17(20)12(3)21/h4-9,12,21H,18H2,1-3H3. The monoisotopic (exact) mass is 281 g/mol. The summed E-state index contributed by atoms with van der Waals surface area (Å²) in [6.45, 7) is 5.86. The Morgan fingerprint density at radius 2 is 1.90 bits per heavy atom. The van der Waals surface area contributed by atoms with Crippen molar-refractivity contribution in [1.29, 1.82) is 0 Å². The van der Waals surface area contributed by atoms with E-state index < -0.39 is 6.10 Å². The number of rotatable bonds is 2. The molecule has 3 N–H and O–H groups in total. The lowest BCUT2D eigenvalue weighted by atomic mass is 10.1. The first-order chi connectivity index (χ1) is 9.97. The molecule has 3 rings (SSSR count). The quantitative estimate of drug-likeness (QED) is 0.708. The molecule has 0 saturated carbocycles. The Hall–Kier alpha value is -2.33. The van der Waals surface area contributed by atoms with Crippen LogP contribution < -0.4 is 5.73 Å². The molecule has 0 aliphatic rings. The second kappa shape index (κ2) is 4.90. The van der Waals surface area contributed by atoms with E-state index in [1.165, 1.54) is 5.56 Å². The van der Waals surface area contributed by atoms with E-state index in [1.807, 2.05) is 22.8 Å². The molecule has 0 radical (unpaired) electrons. The second-order valence-corrected chi connectivity index (χ2v) is 5.52. The number of nitrogen functional groups attached to an aromatic ring is 1. The summed E-state index contributed by atoms with van der Waals surface area (Å²) >= 11 is 0. The number of benzene rings is 2. The van der Waals surface area contributed by atoms with Crippen LogP contribution in [-0.2, 0) is 0 Å². The van der Waals surface area contributed by atoms with Gasteiger partial charge >= 0.3 is 0 Å². The fourth-order valence-electron chi connectivity index (χ4n) is 2.71. The maximum Gasteiger partial charge on any atom is 0.143 e. The van der Waals surface area contributed by atoms with E-state index >= 15 is 0 Å². The fraction of sp³-hybridized carbons (Fsp3) is 0.235. The lowest BCUT2D eigenvalue weighted by Crippen LogP contribution is -2.06. The van der Waals surface area contributed by atoms with Crippen molar-refractivity contribution < 1.29 is 5.11 Å². The first-order valence-corrected chi connectivity index (χ1v) is 7.01. The topological polar surface area (TPSA) is 64.1 Å². The van der Waals surface area contributed by atoms with Gasteiger partial charge < -0.3 is 10.8 Å². The summed E-state index contributed by atoms with van der Waals surface area (Å²) in [6, 6.07) is 11.9. The molecular formula is C17H19N3O. The maximum absolute atomic E-state index is 10.1. The van der Waals surface area contributed by atoms with Crippen LogP contribution in [0.1, 0.15) is 30.0 Å². The van der Waals surface area contributed by atoms with Gasteiger partial charge in [0.15, 0.2) is 0 Å². The summed E-state index contributed by atoms with van der Waals surface area (Å²) in [7, 11) is 0. The van der Waals surface area contributed by atoms with Crippen molar-refractivity contribution in [1.82, 2.24) is 9.55 Å². The van der Waals surface area contributed by atoms with E-state index in [0.29, 0.717) is 11.5 Å². The number of aliphatic hydroxyl groups is 1. The zero-order valence-corrected chi connectivity index (χ0v) is 12.5. The van der Waals surface area contributed by atoms with E-state index in [1.54, 1.807) is 6.92 Å². The van der Waals surface area contributed by atoms with Crippen molar-refractivity contribution in [2.24, 2.45) is 0 Å². The third kappa shape index (κ3) is 2.28. The van der Waals surface area contributed by atoms with Gasteiger partial charge in [0.25, 0.3) is 0 Å². The molecule has 108 valence electrons. The molecule has 1 aromatic heterocycles. The van der Waals surface area contributed by atoms with Gasteiger partial charge in [-0.3, -0.25) is 4.57 Å². The number of hydrogen-bond acceptors (Lipinski definition) is 3. The first-order valence-electron chi connectivity index (χ1n) is 7.01. The predicted octanol–water partition coefficient (Wildman–Crippen LogP) is 3.28. The van der Waals surface area contributed by atoms with Crippen LogP contribution in [-0.4, -0.2) is 14.7 Å². The number of aryl methyl sites for hydroxylation is 2. The minimum atomic E-state index is -0.653. The fourth-order valence-corrected chi connectivity index (χ4v) is 2.71. The zero-order chi connectivity index (χ0) is 15.1. The Balaban J connectivity index is 2.36. The summed E-state index contributed by atoms with van der Waals surface area (Å²) in [4.78, 5) is 4.55. The van der Waals surface area contributed by atoms with Gasteiger partial charge in [0.2, 0.25) is 0 Å². The number of aromatic nitrogens is 2. The molecule has 0 fully saturated rings. The van der Waals surface area contributed by atoms with Gasteiger partial charge in [-0.15, -0.1) is 0 Å². The highest BCUT2D eigenvalue weighted by molar-refractivity contribution is 5.82. The predicted molar refractivity (Wildman–Crippen MR) is 85.6 cm³/mol. The van der Waals surface area contributed by atoms with Gasteiger partial charge in [0.05, 0.1) is 16.7 Å². The smallest absolute Gasteiger partial charge is 0.143 e. The molecule has 0 amide bonds. The molecule has 1 atom stereocenters. The molecular weight excluding hydrogens is 262 g/mol. The molecule has 0 aliphatic carbocycles. The Labute approximate surface area is 123 Å². The highest BCUT2D eigenvalue weighted by atomic mass is 16.3. The molecule has 0 saturated heterocycles. The molecule has 4 heteroatoms. The number of anilines is 1. The van der Waals surface area contributed by atoms with E-state index in [2.05, 4.69) is 37.0 Å². The van der Waals surface area contributed by atoms with Crippen LogP contribution in [0.3, 0.4) is 0 Å². The number of fused-ring (bicyclic) bond motifs is 1. The average molecular weight is 281 g/mol. The van der Waals surface area contributed by atoms with Gasteiger partial charge in [0.1, 0.15) is 11.9 Å². The minimum Gasteiger partial charge on any atom is -0.399 e. The summed E-state index contributed by atoms with van der Waals surface area (Å²) in [6.07, 6.45) is -0.653. The van der Waals surface area contributed by atoms with E-state index in [0.717, 1.165) is 22.3 Å². The summed E-state index contributed by atoms with van der Waals surface area (Å²) in [5.74, 6) is 0.627. The van der Waals surface area contributed by atoms with Crippen LogP contribution in [0.4, 0.5) is 5.69 Å². The van der Waals surface area contributed by atoms with Crippen molar-refractivity contribution >= 4 is 16.7 Å². The number of nitrogens with two attached hydrogens (primary N) is 1. The van der Waals surface area contributed by atoms with Crippen molar-refractivity contribution in [2.45, 2.75) is 26.9 Å². The Kier molecular flexibility index (Phi) is 3.18. The normalized spacial score (nSPS) is 12.8. The second-order valence-electron chi connectivity index (χ2n) is 5.52. The Morgan fingerprint density at radius 1 is 1.14 bits per heavy atom. The molecule has 0 bridgehead atoms. The van der Waals surface area contributed by atoms with Crippen molar-refractivity contribution in [3.05, 3.63) is 53.3 Å². The highest BCUT2D eigenvalue weighted by Gasteiger charge is 2.17. The van der Waals surface area contributed by atoms with Crippen LogP contribution in [0.5, 0.6) is 0 Å². The van der Waals surface area contributed by atoms with Crippen LogP contribution in [0.25, 0.3) is 16.7 Å². The van der Waals surface area contributed by atoms with Crippen LogP contribution in [0.2, 0.25) is 0 Å². The molecule has 4 nitrogen and oxygen atoms in total. The van der Waals surface area contributed by atoms with Crippen LogP contribution in [0, 0.1) is 13.8 Å². The largest absolute Gasteiger partial charge is 0.399 e. The van der Waals surface area contributed by atoms with E-state index in [-0.39, 0.29) is 0 Å². The van der Waals surface area contributed by atoms with Gasteiger partial charge in [-0.2, -0.15) is 0 Å². The lowest BCUT2D eigenvalue weighted by molar-refractivity contribution is 0.187. The van der Waals surface area contributed by atoms with Gasteiger partial charge in [-0.1, -0.05) is 17.7 Å². The van der Waals surface area contributed by atoms with Gasteiger partial charge in [-0.25, -0.2) is 4.98 Å². The molecule has 1 unspecified atom stereocenters. The number of aliphatic hydroxyl groups excluding tert-OH is 1. The highest BCUT2D eigenvalue weighted by Crippen LogP contribution is 2.28. The number of imidazole rings is 1. The third-order valence-corrected chi connectivity index (χ3v) is 3.67. The van der Waals surface area contributed by atoms with Crippen molar-refractivity contribution in [3.8, 4) is 5.69 Å². The van der Waals surface area contributed by atoms with Crippen molar-refractivity contribution in [2.75, 3.05) is 5.73 Å². The molecule has 2 aromatic carbocycles. The summed E-state index contributed by atoms with van der Waals surface area (Å²) < 4.78 is 2.01. The zero-order valence-electron chi connectivity index (χ0n) is 12.5. The molecule has 3 aromatic rings. The Morgan fingerprint density at radius 3 is 2.57 bits per heavy atom. The number of hydrogen-bond donors (Lipinski definition) is 2. The summed E-state index contributed by atoms with van der Waals surface area (Å²) in [5, 5.41) is 10.1. The lowest BCUT2D eigenvalue weighted by Gasteiger charge is -2.14. The Bertz CT molecular complexity index is 818. The van der Waals surface area contributed by atoms with E-state index in [9.17, 15) is 5.11 Å². The van der Waals surface area contributed by atoms with E-state index in [4.69, 9.17) is 5.73 Å². The number of nitrogens with zero attached hydrogens (tertiary/aromatic N) is 2. The minimum absolute atomic E-state index is 0.627.